The van der Waals surface area contributed by atoms with Gasteiger partial charge in [0.05, 0.1) is 42.0 Å². The van der Waals surface area contributed by atoms with Gasteiger partial charge in [-0.1, -0.05) is 27.7 Å². The minimum atomic E-state index is -1.87. The predicted octanol–water partition coefficient (Wildman–Crippen LogP) is 3.95. The Morgan fingerprint density at radius 3 is 2.25 bits per heavy atom. The number of hydrogen-bond acceptors (Lipinski definition) is 15. The fraction of sp³-hybridized carbons (Fsp3) is 0.848. The highest BCUT2D eigenvalue weighted by Gasteiger charge is 2.58. The number of carbonyl (C=O) groups excluding carboxylic acids is 1. The second-order valence-electron chi connectivity index (χ2n) is 19.2. The van der Waals surface area contributed by atoms with Gasteiger partial charge in [0, 0.05) is 38.1 Å². The number of aliphatic hydroxyl groups is 4. The number of esters is 1. The Morgan fingerprint density at radius 2 is 1.65 bits per heavy atom. The standard InChI is InChI=1S/C46H79F2N3O12/c1-14-18-50-24-46(56)30(8)59-36(22-44(46,10)57-13)62-37-27(5)40(63-42-38(33(49-12)19-26(4)58-42)60-34-17-16-31(47)20-32(34)48)43(9,54)21-25(3)23-51-29(7)39(52)45(11,55)35(15-2)61-41(53)28(37)6/h16-17,20,25-30,33,35-40,42,49-52,54-56H,14-15,18-19,21-24H2,1-13H3/t25-,26-,27+,28-,29-,30+,33+,35-,36+,37+,38-,39-,40-,42+,43-,44-,45-,46+/m1/s1. The molecule has 3 aliphatic rings. The Kier molecular flexibility index (Phi) is 18.8. The van der Waals surface area contributed by atoms with Gasteiger partial charge in [-0.3, -0.25) is 4.79 Å². The molecule has 7 N–H and O–H groups in total. The largest absolute Gasteiger partial charge is 0.480 e. The molecule has 364 valence electrons. The molecule has 15 nitrogen and oxygen atoms in total. The van der Waals surface area contributed by atoms with Crippen LogP contribution in [0.3, 0.4) is 0 Å². The van der Waals surface area contributed by atoms with Gasteiger partial charge in [0.1, 0.15) is 34.8 Å². The highest BCUT2D eigenvalue weighted by molar-refractivity contribution is 5.73. The summed E-state index contributed by atoms with van der Waals surface area (Å²) in [6.07, 6.45) is -7.71. The molecular weight excluding hydrogens is 825 g/mol. The maximum atomic E-state index is 15.2. The third-order valence-electron chi connectivity index (χ3n) is 13.9. The smallest absolute Gasteiger partial charge is 0.311 e. The lowest BCUT2D eigenvalue weighted by Gasteiger charge is -2.53. The van der Waals surface area contributed by atoms with E-state index in [0.717, 1.165) is 18.6 Å². The molecule has 1 aromatic rings. The van der Waals surface area contributed by atoms with Crippen molar-refractivity contribution in [1.82, 2.24) is 16.0 Å². The zero-order chi connectivity index (χ0) is 47.2. The van der Waals surface area contributed by atoms with Crippen molar-refractivity contribution in [3.63, 3.8) is 0 Å². The van der Waals surface area contributed by atoms with E-state index in [4.69, 9.17) is 33.2 Å². The number of benzene rings is 1. The van der Waals surface area contributed by atoms with Crippen molar-refractivity contribution in [3.8, 4) is 5.75 Å². The van der Waals surface area contributed by atoms with Crippen LogP contribution in [0.2, 0.25) is 0 Å². The van der Waals surface area contributed by atoms with Gasteiger partial charge in [0.15, 0.2) is 30.3 Å². The molecule has 17 heteroatoms. The molecule has 0 radical (unpaired) electrons. The molecule has 0 spiro atoms. The van der Waals surface area contributed by atoms with E-state index in [-0.39, 0.29) is 37.5 Å². The SMILES string of the molecule is CCCNC[C@]1(O)[C@H](C)O[C@@H](O[C@H]2[C@H](C)[C@@H](O[C@@H]3O[C@H](C)C[C@H](NC)[C@H]3Oc3ccc(F)cc3F)[C@](C)(O)C[C@@H](C)CN[C@H](C)[C@@H](O)[C@](C)(O)[C@@H](CC)OC(=O)[C@@H]2C)C[C@@]1(C)OC. The number of nitrogens with one attached hydrogen (secondary N) is 3. The van der Waals surface area contributed by atoms with Gasteiger partial charge in [-0.15, -0.1) is 0 Å². The van der Waals surface area contributed by atoms with Crippen LogP contribution in [0.5, 0.6) is 5.75 Å². The molecule has 0 saturated carbocycles. The van der Waals surface area contributed by atoms with E-state index >= 15 is 4.39 Å². The van der Waals surface area contributed by atoms with Crippen molar-refractivity contribution in [2.24, 2.45) is 17.8 Å². The van der Waals surface area contributed by atoms with Crippen molar-refractivity contribution in [1.29, 1.82) is 0 Å². The number of halogens is 2. The summed E-state index contributed by atoms with van der Waals surface area (Å²) in [6.45, 7) is 20.4. The minimum absolute atomic E-state index is 0.0381. The molecule has 3 fully saturated rings. The van der Waals surface area contributed by atoms with Crippen molar-refractivity contribution in [2.75, 3.05) is 33.8 Å². The van der Waals surface area contributed by atoms with Crippen molar-refractivity contribution < 1.29 is 67.2 Å². The molecule has 0 aromatic heterocycles. The molecule has 0 unspecified atom stereocenters. The summed E-state index contributed by atoms with van der Waals surface area (Å²) < 4.78 is 74.2. The molecule has 0 amide bonds. The Bertz CT molecular complexity index is 1610. The number of ether oxygens (including phenoxy) is 7. The average Bonchev–Trinajstić information content (AvgIpc) is 3.22. The normalized spacial score (nSPS) is 43.7. The number of cyclic esters (lactones) is 1. The Hall–Kier alpha value is -2.13. The summed E-state index contributed by atoms with van der Waals surface area (Å²) in [6, 6.07) is 1.91. The summed E-state index contributed by atoms with van der Waals surface area (Å²) in [5.74, 6) is -4.90. The minimum Gasteiger partial charge on any atom is -0.480 e. The Morgan fingerprint density at radius 1 is 0.968 bits per heavy atom. The summed E-state index contributed by atoms with van der Waals surface area (Å²) in [5, 5.41) is 57.9. The van der Waals surface area contributed by atoms with E-state index in [0.29, 0.717) is 19.5 Å². The molecule has 3 saturated heterocycles. The first-order valence-corrected chi connectivity index (χ1v) is 22.8. The van der Waals surface area contributed by atoms with Crippen molar-refractivity contribution in [3.05, 3.63) is 29.8 Å². The van der Waals surface area contributed by atoms with Crippen molar-refractivity contribution >= 4 is 5.97 Å². The van der Waals surface area contributed by atoms with Crippen LogP contribution >= 0.6 is 0 Å². The zero-order valence-corrected chi connectivity index (χ0v) is 39.8. The highest BCUT2D eigenvalue weighted by atomic mass is 19.1. The first kappa shape index (κ1) is 53.5. The predicted molar refractivity (Wildman–Crippen MR) is 232 cm³/mol. The Labute approximate surface area is 373 Å². The van der Waals surface area contributed by atoms with Crippen LogP contribution in [0.25, 0.3) is 0 Å². The van der Waals surface area contributed by atoms with Gasteiger partial charge < -0.3 is 69.5 Å². The maximum Gasteiger partial charge on any atom is 0.311 e. The number of methoxy groups -OCH3 is 1. The molecule has 3 aliphatic heterocycles. The van der Waals surface area contributed by atoms with Gasteiger partial charge in [-0.05, 0) is 112 Å². The van der Waals surface area contributed by atoms with Crippen LogP contribution < -0.4 is 20.7 Å². The van der Waals surface area contributed by atoms with Gasteiger partial charge in [0.25, 0.3) is 0 Å². The van der Waals surface area contributed by atoms with Gasteiger partial charge in [-0.2, -0.15) is 0 Å². The third-order valence-corrected chi connectivity index (χ3v) is 13.9. The fourth-order valence-corrected chi connectivity index (χ4v) is 9.84. The lowest BCUT2D eigenvalue weighted by Crippen LogP contribution is -2.70. The molecule has 1 aromatic carbocycles. The van der Waals surface area contributed by atoms with Gasteiger partial charge in [0.2, 0.25) is 0 Å². The molecule has 18 atom stereocenters. The van der Waals surface area contributed by atoms with Crippen molar-refractivity contribution in [2.45, 2.75) is 198 Å². The van der Waals surface area contributed by atoms with E-state index in [1.807, 2.05) is 20.8 Å². The second kappa shape index (κ2) is 22.1. The van der Waals surface area contributed by atoms with Crippen LogP contribution in [0.15, 0.2) is 18.2 Å². The third kappa shape index (κ3) is 12.3. The highest BCUT2D eigenvalue weighted by Crippen LogP contribution is 2.43. The zero-order valence-electron chi connectivity index (χ0n) is 39.8. The summed E-state index contributed by atoms with van der Waals surface area (Å²) in [5.41, 5.74) is -6.23. The van der Waals surface area contributed by atoms with Gasteiger partial charge in [-0.25, -0.2) is 8.78 Å². The molecule has 0 aliphatic carbocycles. The van der Waals surface area contributed by atoms with Crippen LogP contribution in [0.4, 0.5) is 8.78 Å². The molecule has 63 heavy (non-hydrogen) atoms. The first-order valence-electron chi connectivity index (χ1n) is 22.8. The summed E-state index contributed by atoms with van der Waals surface area (Å²) in [7, 11) is 3.24. The van der Waals surface area contributed by atoms with Crippen LogP contribution in [-0.4, -0.2) is 150 Å². The van der Waals surface area contributed by atoms with Crippen LogP contribution in [0, 0.1) is 29.4 Å². The van der Waals surface area contributed by atoms with E-state index in [9.17, 15) is 29.6 Å². The average molecular weight is 904 g/mol. The van der Waals surface area contributed by atoms with Crippen LogP contribution in [0.1, 0.15) is 108 Å². The molecule has 0 bridgehead atoms. The van der Waals surface area contributed by atoms with E-state index in [1.54, 1.807) is 55.5 Å². The Balaban J connectivity index is 1.85. The number of hydrogen-bond donors (Lipinski definition) is 7. The maximum absolute atomic E-state index is 15.2. The quantitative estimate of drug-likeness (QED) is 0.111. The number of aliphatic hydroxyl groups excluding tert-OH is 1. The second-order valence-corrected chi connectivity index (χ2v) is 19.2. The summed E-state index contributed by atoms with van der Waals surface area (Å²) >= 11 is 0. The number of likely N-dealkylation sites (N-methyl/N-ethyl adjacent to an activating group) is 1. The van der Waals surface area contributed by atoms with Gasteiger partial charge >= 0.3 is 5.97 Å². The monoisotopic (exact) mass is 904 g/mol. The summed E-state index contributed by atoms with van der Waals surface area (Å²) in [4.78, 5) is 14.5. The number of carbonyl (C=O) groups is 1. The van der Waals surface area contributed by atoms with Crippen LogP contribution in [-0.2, 0) is 33.2 Å². The molecular formula is C46H79F2N3O12. The van der Waals surface area contributed by atoms with E-state index in [1.165, 1.54) is 20.1 Å². The van der Waals surface area contributed by atoms with E-state index < -0.39 is 119 Å². The lowest BCUT2D eigenvalue weighted by atomic mass is 9.75. The first-order chi connectivity index (χ1) is 29.4. The van der Waals surface area contributed by atoms with E-state index in [2.05, 4.69) is 16.0 Å². The molecule has 3 heterocycles. The lowest BCUT2D eigenvalue weighted by molar-refractivity contribution is -0.335. The fourth-order valence-electron chi connectivity index (χ4n) is 9.84. The topological polar surface area (TPSA) is 199 Å². The molecule has 4 rings (SSSR count). The number of rotatable bonds is 13.